The zero-order chi connectivity index (χ0) is 67.2. The van der Waals surface area contributed by atoms with Gasteiger partial charge in [0.25, 0.3) is 0 Å². The van der Waals surface area contributed by atoms with Crippen molar-refractivity contribution in [2.24, 2.45) is 60.3 Å². The second-order valence-corrected chi connectivity index (χ2v) is 30.2. The van der Waals surface area contributed by atoms with Crippen LogP contribution in [0.15, 0.2) is 49.3 Å². The van der Waals surface area contributed by atoms with Gasteiger partial charge in [0.15, 0.2) is 0 Å². The Morgan fingerprint density at radius 1 is 0.560 bits per heavy atom. The van der Waals surface area contributed by atoms with E-state index in [0.717, 1.165) is 31.4 Å². The average Bonchev–Trinajstić information content (AvgIpc) is 1.54. The van der Waals surface area contributed by atoms with Gasteiger partial charge >= 0.3 is 35.8 Å². The molecule has 20 heteroatoms. The number of aliphatic imine (C=N–C) groups is 3. The van der Waals surface area contributed by atoms with Crippen LogP contribution in [0.2, 0.25) is 0 Å². The normalized spacial score (nSPS) is 28.5. The molecule has 18 nitrogen and oxygen atoms in total. The Morgan fingerprint density at radius 2 is 1.04 bits per heavy atom. The molecule has 0 aromatic heterocycles. The standard InChI is InChI=1S/C71H113N5O13S2/c1-16-17-18-19-20-24-27-30-41-90-91-42-31-28-25-22-21-23-26-29-40-72-55(77)45-69(7)49(32-35-56(78)84-10)53-44-54-67(4,5)50(33-36-57(79)85-11)62(74-54)47(2)64-68(6,39-38-59(81)87-13)52(43-60(82)88-14)66(75-64)71(9)70(8,46-61(83)89-15)51(34-37-58(80)86-12)63(76-71)48(3)65(69)73-53/h44,49-52,66,73H,16-43,45-46H2,1-15H3,(H,72,77)/b53-44-,62-47-,65-48-/t49-,50-,51-,52+,66?,68-,69+,70+,71-/m1/s1. The van der Waals surface area contributed by atoms with E-state index >= 15 is 0 Å². The van der Waals surface area contributed by atoms with E-state index < -0.39 is 86.8 Å². The van der Waals surface area contributed by atoms with E-state index in [9.17, 15) is 33.6 Å². The Hall–Kier alpha value is -4.98. The summed E-state index contributed by atoms with van der Waals surface area (Å²) < 4.78 is 32.0. The first-order chi connectivity index (χ1) is 43.3. The summed E-state index contributed by atoms with van der Waals surface area (Å²) >= 11 is 0. The fourth-order valence-corrected chi connectivity index (χ4v) is 17.6. The van der Waals surface area contributed by atoms with E-state index in [2.05, 4.69) is 38.3 Å². The van der Waals surface area contributed by atoms with Crippen molar-refractivity contribution in [2.45, 2.75) is 247 Å². The molecule has 0 aromatic rings. The molecular formula is C71H113N5O13S2. The first-order valence-corrected chi connectivity index (χ1v) is 36.4. The molecule has 5 heterocycles. The lowest BCUT2D eigenvalue weighted by Gasteiger charge is -2.48. The molecule has 5 aliphatic heterocycles. The summed E-state index contributed by atoms with van der Waals surface area (Å²) in [6.07, 6.45) is 22.7. The van der Waals surface area contributed by atoms with E-state index in [1.54, 1.807) is 0 Å². The zero-order valence-electron chi connectivity index (χ0n) is 58.1. The van der Waals surface area contributed by atoms with Crippen molar-refractivity contribution < 1.29 is 62.0 Å². The van der Waals surface area contributed by atoms with Gasteiger partial charge in [-0.05, 0) is 82.9 Å². The first-order valence-electron chi connectivity index (χ1n) is 33.9. The van der Waals surface area contributed by atoms with E-state index in [1.165, 1.54) is 131 Å². The van der Waals surface area contributed by atoms with Gasteiger partial charge in [-0.2, -0.15) is 0 Å². The lowest BCUT2D eigenvalue weighted by molar-refractivity contribution is -0.147. The second-order valence-electron chi connectivity index (χ2n) is 27.5. The molecule has 9 atom stereocenters. The number of nitrogens with one attached hydrogen (secondary N) is 2. The Kier molecular flexibility index (Phi) is 30.4. The molecule has 8 bridgehead atoms. The molecule has 91 heavy (non-hydrogen) atoms. The predicted molar refractivity (Wildman–Crippen MR) is 364 cm³/mol. The summed E-state index contributed by atoms with van der Waals surface area (Å²) in [6.45, 7) is 18.9. The molecule has 0 radical (unpaired) electrons. The number of allylic oxidation sites excluding steroid dienone is 6. The summed E-state index contributed by atoms with van der Waals surface area (Å²) in [6, 6.07) is -0.885. The number of amides is 1. The van der Waals surface area contributed by atoms with Crippen LogP contribution in [0.4, 0.5) is 0 Å². The number of esters is 6. The molecule has 1 amide bonds. The van der Waals surface area contributed by atoms with Crippen molar-refractivity contribution in [3.05, 3.63) is 34.3 Å². The Labute approximate surface area is 552 Å². The van der Waals surface area contributed by atoms with Crippen LogP contribution < -0.4 is 10.6 Å². The van der Waals surface area contributed by atoms with Gasteiger partial charge in [0.1, 0.15) is 0 Å². The highest BCUT2D eigenvalue weighted by molar-refractivity contribution is 8.76. The van der Waals surface area contributed by atoms with E-state index in [-0.39, 0.29) is 76.1 Å². The van der Waals surface area contributed by atoms with Gasteiger partial charge in [-0.1, -0.05) is 147 Å². The Balaban J connectivity index is 1.59. The number of ether oxygens (including phenoxy) is 6. The fourth-order valence-electron chi connectivity index (χ4n) is 15.3. The summed E-state index contributed by atoms with van der Waals surface area (Å²) in [5.41, 5.74) is -0.145. The quantitative estimate of drug-likeness (QED) is 0.0252. The summed E-state index contributed by atoms with van der Waals surface area (Å²) in [5.74, 6) is -2.71. The van der Waals surface area contributed by atoms with Crippen molar-refractivity contribution in [2.75, 3.05) is 60.7 Å². The highest BCUT2D eigenvalue weighted by Crippen LogP contribution is 2.63. The summed E-state index contributed by atoms with van der Waals surface area (Å²) in [4.78, 5) is 114. The second kappa shape index (κ2) is 36.1. The third kappa shape index (κ3) is 19.1. The molecule has 0 aliphatic carbocycles. The highest BCUT2D eigenvalue weighted by Gasteiger charge is 2.67. The maximum Gasteiger partial charge on any atom is 0.306 e. The van der Waals surface area contributed by atoms with Gasteiger partial charge < -0.3 is 39.1 Å². The third-order valence-electron chi connectivity index (χ3n) is 21.3. The van der Waals surface area contributed by atoms with Crippen molar-refractivity contribution in [3.8, 4) is 0 Å². The lowest BCUT2D eigenvalue weighted by Crippen LogP contribution is -2.55. The van der Waals surface area contributed by atoms with Crippen LogP contribution in [0.25, 0.3) is 0 Å². The molecule has 5 aliphatic rings. The number of fused-ring (bicyclic) bond motifs is 6. The lowest BCUT2D eigenvalue weighted by atomic mass is 9.55. The third-order valence-corrected chi connectivity index (χ3v) is 23.8. The van der Waals surface area contributed by atoms with Crippen molar-refractivity contribution in [1.29, 1.82) is 0 Å². The number of unbranched alkanes of at least 4 members (excludes halogenated alkanes) is 14. The number of methoxy groups -OCH3 is 6. The zero-order valence-corrected chi connectivity index (χ0v) is 59.8. The molecular weight excluding hydrogens is 1190 g/mol. The largest absolute Gasteiger partial charge is 0.469 e. The predicted octanol–water partition coefficient (Wildman–Crippen LogP) is 14.1. The van der Waals surface area contributed by atoms with Gasteiger partial charge in [0, 0.05) is 130 Å². The number of nitrogens with zero attached hydrogens (tertiary/aromatic N) is 3. The number of hydrogen-bond acceptors (Lipinski definition) is 19. The van der Waals surface area contributed by atoms with Gasteiger partial charge in [0.05, 0.1) is 67.1 Å². The van der Waals surface area contributed by atoms with E-state index in [0.29, 0.717) is 52.6 Å². The average molecular weight is 1310 g/mol. The van der Waals surface area contributed by atoms with Gasteiger partial charge in [0.2, 0.25) is 5.91 Å². The first kappa shape index (κ1) is 76.7. The SMILES string of the molecule is CCCCCCCCCCSSCCCCCCCCCCNC(=O)C[C@]1(C)/C2=C(\C)C3=N[C@](C)(C4N=C(/C(C)=C5N=C(/C=C(\N2)[C@H]1CCC(=O)OC)C(C)(C)[C@@H]\5CCC(=O)OC)[C@](C)(CCC(=O)OC)[C@H]4CC(=O)OC)[C@@](C)(CC(=O)OC)[C@@H]3CCC(=O)OC. The number of carbonyl (C=O) groups excluding carboxylic acids is 7. The summed E-state index contributed by atoms with van der Waals surface area (Å²) in [5, 5.41) is 7.14. The van der Waals surface area contributed by atoms with Gasteiger partial charge in [-0.15, -0.1) is 0 Å². The number of rotatable bonds is 39. The van der Waals surface area contributed by atoms with Crippen molar-refractivity contribution in [3.63, 3.8) is 0 Å². The minimum atomic E-state index is -1.37. The maximum atomic E-state index is 14.8. The van der Waals surface area contributed by atoms with Crippen molar-refractivity contribution >= 4 is 80.4 Å². The summed E-state index contributed by atoms with van der Waals surface area (Å²) in [7, 11) is 12.1. The number of hydrogen-bond donors (Lipinski definition) is 2. The highest BCUT2D eigenvalue weighted by atomic mass is 33.1. The van der Waals surface area contributed by atoms with Crippen LogP contribution in [-0.4, -0.2) is 131 Å². The van der Waals surface area contributed by atoms with Crippen LogP contribution in [0.5, 0.6) is 0 Å². The molecule has 1 unspecified atom stereocenters. The van der Waals surface area contributed by atoms with Crippen LogP contribution >= 0.6 is 21.6 Å². The molecule has 0 aromatic carbocycles. The van der Waals surface area contributed by atoms with Crippen LogP contribution in [0.3, 0.4) is 0 Å². The van der Waals surface area contributed by atoms with Gasteiger partial charge in [-0.3, -0.25) is 48.5 Å². The fraction of sp³-hybridized carbons (Fsp3) is 0.775. The van der Waals surface area contributed by atoms with Gasteiger partial charge in [-0.25, -0.2) is 0 Å². The van der Waals surface area contributed by atoms with Crippen LogP contribution in [0, 0.1) is 45.3 Å². The topological polar surface area (TPSA) is 236 Å². The van der Waals surface area contributed by atoms with Crippen LogP contribution in [-0.2, 0) is 62.0 Å². The number of carbonyl (C=O) groups is 7. The monoisotopic (exact) mass is 1310 g/mol. The maximum absolute atomic E-state index is 14.8. The molecule has 1 fully saturated rings. The molecule has 1 saturated heterocycles. The van der Waals surface area contributed by atoms with E-state index in [1.807, 2.05) is 62.3 Å². The molecule has 512 valence electrons. The smallest absolute Gasteiger partial charge is 0.306 e. The molecule has 2 N–H and O–H groups in total. The Bertz CT molecular complexity index is 2740. The van der Waals surface area contributed by atoms with E-state index in [4.69, 9.17) is 43.4 Å². The molecule has 0 saturated carbocycles. The van der Waals surface area contributed by atoms with Crippen LogP contribution in [0.1, 0.15) is 236 Å². The van der Waals surface area contributed by atoms with Crippen molar-refractivity contribution in [1.82, 2.24) is 10.6 Å². The molecule has 0 spiro atoms. The Morgan fingerprint density at radius 3 is 1.57 bits per heavy atom. The molecule has 5 rings (SSSR count). The minimum Gasteiger partial charge on any atom is -0.469 e. The minimum absolute atomic E-state index is 0.0144.